The van der Waals surface area contributed by atoms with Crippen molar-refractivity contribution in [2.45, 2.75) is 32.2 Å². The highest BCUT2D eigenvalue weighted by atomic mass is 35.5. The quantitative estimate of drug-likeness (QED) is 0.940. The second kappa shape index (κ2) is 5.29. The molecular formula is C15H16ClN3O. The summed E-state index contributed by atoms with van der Waals surface area (Å²) in [6, 6.07) is 7.80. The Bertz CT molecular complexity index is 629. The minimum atomic E-state index is -0.0236. The van der Waals surface area contributed by atoms with Crippen LogP contribution in [0.25, 0.3) is 5.69 Å². The topological polar surface area (TPSA) is 46.9 Å². The molecule has 0 radical (unpaired) electrons. The smallest absolute Gasteiger partial charge is 0.254 e. The van der Waals surface area contributed by atoms with E-state index in [-0.39, 0.29) is 5.91 Å². The Morgan fingerprint density at radius 2 is 2.10 bits per heavy atom. The van der Waals surface area contributed by atoms with Gasteiger partial charge in [0.2, 0.25) is 0 Å². The zero-order valence-corrected chi connectivity index (χ0v) is 12.0. The van der Waals surface area contributed by atoms with Gasteiger partial charge >= 0.3 is 0 Å². The first-order chi connectivity index (χ1) is 9.69. The number of rotatable bonds is 4. The van der Waals surface area contributed by atoms with Crippen molar-refractivity contribution in [3.05, 3.63) is 46.7 Å². The number of nitrogens with zero attached hydrogens (tertiary/aromatic N) is 2. The Hall–Kier alpha value is -1.81. The standard InChI is InChI=1S/C15H16ClN3O/c1-2-14-13(15(20)18-11-5-6-11)9-17-19(14)12-7-3-10(16)4-8-12/h3-4,7-9,11H,2,5-6H2,1H3,(H,18,20). The van der Waals surface area contributed by atoms with Gasteiger partial charge in [-0.15, -0.1) is 0 Å². The molecule has 1 aliphatic rings. The first kappa shape index (κ1) is 13.2. The van der Waals surface area contributed by atoms with Gasteiger partial charge in [-0.2, -0.15) is 5.10 Å². The van der Waals surface area contributed by atoms with E-state index in [1.54, 1.807) is 10.9 Å². The molecule has 0 unspecified atom stereocenters. The molecule has 1 saturated carbocycles. The van der Waals surface area contributed by atoms with E-state index in [9.17, 15) is 4.79 Å². The van der Waals surface area contributed by atoms with Gasteiger partial charge in [0, 0.05) is 11.1 Å². The molecule has 0 saturated heterocycles. The molecule has 2 aromatic rings. The fourth-order valence-corrected chi connectivity index (χ4v) is 2.33. The van der Waals surface area contributed by atoms with E-state index in [0.717, 1.165) is 30.6 Å². The summed E-state index contributed by atoms with van der Waals surface area (Å²) in [6.45, 7) is 2.03. The van der Waals surface area contributed by atoms with Crippen LogP contribution < -0.4 is 5.32 Å². The molecule has 1 aromatic heterocycles. The summed E-state index contributed by atoms with van der Waals surface area (Å²) in [7, 11) is 0. The van der Waals surface area contributed by atoms with E-state index >= 15 is 0 Å². The molecule has 1 aliphatic carbocycles. The zero-order valence-electron chi connectivity index (χ0n) is 11.3. The average Bonchev–Trinajstić information content (AvgIpc) is 3.15. The molecule has 4 nitrogen and oxygen atoms in total. The van der Waals surface area contributed by atoms with Crippen LogP contribution in [0.3, 0.4) is 0 Å². The van der Waals surface area contributed by atoms with Gasteiger partial charge in [0.25, 0.3) is 5.91 Å². The monoisotopic (exact) mass is 289 g/mol. The lowest BCUT2D eigenvalue weighted by atomic mass is 10.2. The third kappa shape index (κ3) is 2.56. The minimum Gasteiger partial charge on any atom is -0.349 e. The van der Waals surface area contributed by atoms with Gasteiger partial charge in [-0.05, 0) is 43.5 Å². The zero-order chi connectivity index (χ0) is 14.1. The third-order valence-corrected chi connectivity index (χ3v) is 3.68. The summed E-state index contributed by atoms with van der Waals surface area (Å²) >= 11 is 5.90. The van der Waals surface area contributed by atoms with Crippen molar-refractivity contribution in [3.8, 4) is 5.69 Å². The molecule has 1 amide bonds. The highest BCUT2D eigenvalue weighted by molar-refractivity contribution is 6.30. The number of benzene rings is 1. The maximum atomic E-state index is 12.2. The lowest BCUT2D eigenvalue weighted by Gasteiger charge is -2.08. The van der Waals surface area contributed by atoms with E-state index < -0.39 is 0 Å². The first-order valence-electron chi connectivity index (χ1n) is 6.82. The van der Waals surface area contributed by atoms with E-state index in [2.05, 4.69) is 10.4 Å². The predicted octanol–water partition coefficient (Wildman–Crippen LogP) is 2.98. The highest BCUT2D eigenvalue weighted by Gasteiger charge is 2.26. The van der Waals surface area contributed by atoms with E-state index in [1.807, 2.05) is 31.2 Å². The van der Waals surface area contributed by atoms with Crippen LogP contribution in [0.1, 0.15) is 35.8 Å². The normalized spacial score (nSPS) is 14.3. The highest BCUT2D eigenvalue weighted by Crippen LogP contribution is 2.21. The van der Waals surface area contributed by atoms with Crippen LogP contribution in [0.15, 0.2) is 30.5 Å². The molecule has 1 aromatic carbocycles. The van der Waals surface area contributed by atoms with Gasteiger partial charge in [-0.3, -0.25) is 4.79 Å². The van der Waals surface area contributed by atoms with Crippen LogP contribution in [0.2, 0.25) is 5.02 Å². The summed E-state index contributed by atoms with van der Waals surface area (Å²) in [5.74, 6) is -0.0236. The number of halogens is 1. The SMILES string of the molecule is CCc1c(C(=O)NC2CC2)cnn1-c1ccc(Cl)cc1. The lowest BCUT2D eigenvalue weighted by Crippen LogP contribution is -2.26. The molecule has 104 valence electrons. The lowest BCUT2D eigenvalue weighted by molar-refractivity contribution is 0.0950. The Labute approximate surface area is 122 Å². The van der Waals surface area contributed by atoms with Gasteiger partial charge in [-0.1, -0.05) is 18.5 Å². The molecule has 0 aliphatic heterocycles. The Kier molecular flexibility index (Phi) is 3.49. The van der Waals surface area contributed by atoms with Gasteiger partial charge < -0.3 is 5.32 Å². The minimum absolute atomic E-state index is 0.0236. The molecule has 5 heteroatoms. The van der Waals surface area contributed by atoms with Gasteiger partial charge in [-0.25, -0.2) is 4.68 Å². The molecule has 0 bridgehead atoms. The maximum absolute atomic E-state index is 12.2. The van der Waals surface area contributed by atoms with Crippen molar-refractivity contribution in [2.75, 3.05) is 0 Å². The first-order valence-corrected chi connectivity index (χ1v) is 7.20. The van der Waals surface area contributed by atoms with E-state index in [0.29, 0.717) is 16.6 Å². The number of amides is 1. The summed E-state index contributed by atoms with van der Waals surface area (Å²) in [4.78, 5) is 12.2. The van der Waals surface area contributed by atoms with Crippen molar-refractivity contribution in [2.24, 2.45) is 0 Å². The number of carbonyl (C=O) groups excluding carboxylic acids is 1. The second-order valence-electron chi connectivity index (χ2n) is 4.99. The van der Waals surface area contributed by atoms with Crippen LogP contribution in [0, 0.1) is 0 Å². The predicted molar refractivity (Wildman–Crippen MR) is 78.4 cm³/mol. The Morgan fingerprint density at radius 1 is 1.40 bits per heavy atom. The summed E-state index contributed by atoms with van der Waals surface area (Å²) in [5, 5.41) is 8.04. The third-order valence-electron chi connectivity index (χ3n) is 3.43. The number of hydrogen-bond donors (Lipinski definition) is 1. The molecule has 0 atom stereocenters. The van der Waals surface area contributed by atoms with Crippen LogP contribution in [-0.2, 0) is 6.42 Å². The fraction of sp³-hybridized carbons (Fsp3) is 0.333. The molecule has 1 N–H and O–H groups in total. The largest absolute Gasteiger partial charge is 0.349 e. The van der Waals surface area contributed by atoms with E-state index in [4.69, 9.17) is 11.6 Å². The van der Waals surface area contributed by atoms with Gasteiger partial charge in [0.05, 0.1) is 23.1 Å². The van der Waals surface area contributed by atoms with Crippen molar-refractivity contribution < 1.29 is 4.79 Å². The Morgan fingerprint density at radius 3 is 2.70 bits per heavy atom. The van der Waals surface area contributed by atoms with Gasteiger partial charge in [0.15, 0.2) is 0 Å². The fourth-order valence-electron chi connectivity index (χ4n) is 2.20. The van der Waals surface area contributed by atoms with Crippen molar-refractivity contribution in [1.29, 1.82) is 0 Å². The van der Waals surface area contributed by atoms with Gasteiger partial charge in [0.1, 0.15) is 0 Å². The van der Waals surface area contributed by atoms with Crippen LogP contribution in [0.4, 0.5) is 0 Å². The average molecular weight is 290 g/mol. The number of carbonyl (C=O) groups is 1. The molecule has 1 fully saturated rings. The van der Waals surface area contributed by atoms with Crippen LogP contribution >= 0.6 is 11.6 Å². The molecule has 3 rings (SSSR count). The Balaban J connectivity index is 1.93. The molecule has 0 spiro atoms. The molecule has 20 heavy (non-hydrogen) atoms. The van der Waals surface area contributed by atoms with Crippen LogP contribution in [-0.4, -0.2) is 21.7 Å². The van der Waals surface area contributed by atoms with E-state index in [1.165, 1.54) is 0 Å². The molecular weight excluding hydrogens is 274 g/mol. The number of hydrogen-bond acceptors (Lipinski definition) is 2. The second-order valence-corrected chi connectivity index (χ2v) is 5.43. The number of nitrogens with one attached hydrogen (secondary N) is 1. The summed E-state index contributed by atoms with van der Waals surface area (Å²) in [5.41, 5.74) is 2.50. The van der Waals surface area contributed by atoms with Crippen molar-refractivity contribution in [1.82, 2.24) is 15.1 Å². The number of aromatic nitrogens is 2. The van der Waals surface area contributed by atoms with Crippen molar-refractivity contribution in [3.63, 3.8) is 0 Å². The van der Waals surface area contributed by atoms with Crippen LogP contribution in [0.5, 0.6) is 0 Å². The van der Waals surface area contributed by atoms with Crippen molar-refractivity contribution >= 4 is 17.5 Å². The summed E-state index contributed by atoms with van der Waals surface area (Å²) in [6.07, 6.45) is 4.55. The summed E-state index contributed by atoms with van der Waals surface area (Å²) < 4.78 is 1.80. The molecule has 1 heterocycles. The maximum Gasteiger partial charge on any atom is 0.254 e.